The minimum atomic E-state index is 0.145. The molecule has 1 aliphatic rings. The fourth-order valence-electron chi connectivity index (χ4n) is 3.12. The highest BCUT2D eigenvalue weighted by Gasteiger charge is 2.27. The molecule has 7 heteroatoms. The van der Waals surface area contributed by atoms with Gasteiger partial charge in [-0.3, -0.25) is 0 Å². The average molecular weight is 455 g/mol. The number of aromatic nitrogens is 1. The third kappa shape index (κ3) is 3.51. The van der Waals surface area contributed by atoms with Crippen molar-refractivity contribution in [1.29, 1.82) is 0 Å². The fourth-order valence-corrected chi connectivity index (χ4v) is 6.25. The van der Waals surface area contributed by atoms with Crippen LogP contribution in [0.4, 0.5) is 5.69 Å². The predicted molar refractivity (Wildman–Crippen MR) is 113 cm³/mol. The van der Waals surface area contributed by atoms with E-state index in [1.165, 1.54) is 10.4 Å². The quantitative estimate of drug-likeness (QED) is 0.367. The number of thiophene rings is 2. The Kier molecular flexibility index (Phi) is 5.15. The van der Waals surface area contributed by atoms with Gasteiger partial charge in [-0.1, -0.05) is 23.8 Å². The molecule has 4 rings (SSSR count). The van der Waals surface area contributed by atoms with Crippen LogP contribution in [0.1, 0.15) is 29.2 Å². The lowest BCUT2D eigenvalue weighted by Gasteiger charge is -2.24. The third-order valence-electron chi connectivity index (χ3n) is 4.46. The Hall–Kier alpha value is -0.920. The standard InChI is InChI=1S/C18H17BrClN3S2/c19-15-16-18(25-17(15)11-3-1-2-4-12(11)21)13(7-14(20)23-16)22-8-10-5-6-24-9-10/h1-2,5-7,9,11-12H,3-4,8,21H2,(H,22,23)/t11-,12-/m0/s1. The molecule has 0 saturated carbocycles. The summed E-state index contributed by atoms with van der Waals surface area (Å²) in [5, 5.41) is 8.25. The van der Waals surface area contributed by atoms with Crippen LogP contribution < -0.4 is 11.1 Å². The van der Waals surface area contributed by atoms with Crippen LogP contribution in [-0.4, -0.2) is 11.0 Å². The van der Waals surface area contributed by atoms with Crippen molar-refractivity contribution in [2.75, 3.05) is 5.32 Å². The van der Waals surface area contributed by atoms with Gasteiger partial charge in [0.2, 0.25) is 0 Å². The number of hydrogen-bond donors (Lipinski definition) is 2. The first kappa shape index (κ1) is 17.5. The van der Waals surface area contributed by atoms with E-state index in [0.29, 0.717) is 11.1 Å². The average Bonchev–Trinajstić information content (AvgIpc) is 3.22. The molecular formula is C18H17BrClN3S2. The number of rotatable bonds is 4. The Morgan fingerprint density at radius 3 is 2.96 bits per heavy atom. The molecule has 2 atom stereocenters. The Morgan fingerprint density at radius 1 is 1.36 bits per heavy atom. The zero-order valence-electron chi connectivity index (χ0n) is 13.3. The summed E-state index contributed by atoms with van der Waals surface area (Å²) in [7, 11) is 0. The van der Waals surface area contributed by atoms with Crippen molar-refractivity contribution in [2.24, 2.45) is 5.73 Å². The normalized spacial score (nSPS) is 20.3. The van der Waals surface area contributed by atoms with E-state index in [1.54, 1.807) is 22.7 Å². The van der Waals surface area contributed by atoms with Crippen LogP contribution in [-0.2, 0) is 6.54 Å². The second-order valence-corrected chi connectivity index (χ2v) is 9.16. The van der Waals surface area contributed by atoms with E-state index < -0.39 is 0 Å². The van der Waals surface area contributed by atoms with Crippen LogP contribution in [0.5, 0.6) is 0 Å². The number of nitrogens with two attached hydrogens (primary N) is 1. The van der Waals surface area contributed by atoms with Crippen molar-refractivity contribution in [3.8, 4) is 0 Å². The molecule has 3 nitrogen and oxygen atoms in total. The molecule has 25 heavy (non-hydrogen) atoms. The van der Waals surface area contributed by atoms with Gasteiger partial charge in [-0.15, -0.1) is 11.3 Å². The van der Waals surface area contributed by atoms with E-state index in [2.05, 4.69) is 55.2 Å². The number of halogens is 2. The molecule has 0 aliphatic heterocycles. The number of pyridine rings is 1. The summed E-state index contributed by atoms with van der Waals surface area (Å²) in [6.07, 6.45) is 6.28. The molecule has 130 valence electrons. The van der Waals surface area contributed by atoms with Crippen molar-refractivity contribution in [3.63, 3.8) is 0 Å². The van der Waals surface area contributed by atoms with Crippen LogP contribution in [0.3, 0.4) is 0 Å². The predicted octanol–water partition coefficient (Wildman–Crippen LogP) is 6.15. The Labute approximate surface area is 168 Å². The van der Waals surface area contributed by atoms with Gasteiger partial charge in [0.1, 0.15) is 5.15 Å². The number of hydrogen-bond acceptors (Lipinski definition) is 5. The minimum Gasteiger partial charge on any atom is -0.380 e. The van der Waals surface area contributed by atoms with Crippen LogP contribution in [0.25, 0.3) is 10.2 Å². The molecule has 0 fully saturated rings. The van der Waals surface area contributed by atoms with Crippen LogP contribution in [0.2, 0.25) is 5.15 Å². The molecule has 0 spiro atoms. The highest BCUT2D eigenvalue weighted by Crippen LogP contribution is 2.45. The van der Waals surface area contributed by atoms with Crippen LogP contribution >= 0.6 is 50.2 Å². The van der Waals surface area contributed by atoms with E-state index in [0.717, 1.165) is 39.8 Å². The maximum Gasteiger partial charge on any atom is 0.131 e. The lowest BCUT2D eigenvalue weighted by Crippen LogP contribution is -2.29. The molecule has 0 unspecified atom stereocenters. The van der Waals surface area contributed by atoms with E-state index >= 15 is 0 Å². The zero-order chi connectivity index (χ0) is 17.4. The summed E-state index contributed by atoms with van der Waals surface area (Å²) in [6.45, 7) is 0.773. The highest BCUT2D eigenvalue weighted by atomic mass is 79.9. The van der Waals surface area contributed by atoms with Crippen molar-refractivity contribution in [2.45, 2.75) is 31.3 Å². The zero-order valence-corrected chi connectivity index (χ0v) is 17.3. The molecule has 0 bridgehead atoms. The van der Waals surface area contributed by atoms with Gasteiger partial charge in [-0.25, -0.2) is 4.98 Å². The van der Waals surface area contributed by atoms with E-state index in [1.807, 2.05) is 6.07 Å². The molecule has 3 aromatic rings. The topological polar surface area (TPSA) is 50.9 Å². The van der Waals surface area contributed by atoms with Gasteiger partial charge in [0.15, 0.2) is 0 Å². The number of anilines is 1. The summed E-state index contributed by atoms with van der Waals surface area (Å²) in [4.78, 5) is 5.82. The number of nitrogens with zero attached hydrogens (tertiary/aromatic N) is 1. The second kappa shape index (κ2) is 7.37. The molecular weight excluding hydrogens is 438 g/mol. The molecule has 0 radical (unpaired) electrons. The van der Waals surface area contributed by atoms with Gasteiger partial charge >= 0.3 is 0 Å². The minimum absolute atomic E-state index is 0.145. The second-order valence-electron chi connectivity index (χ2n) is 6.15. The lowest BCUT2D eigenvalue weighted by atomic mass is 9.88. The number of allylic oxidation sites excluding steroid dienone is 1. The molecule has 0 aromatic carbocycles. The number of nitrogens with one attached hydrogen (secondary N) is 1. The summed E-state index contributed by atoms with van der Waals surface area (Å²) >= 11 is 13.5. The maximum atomic E-state index is 6.37. The first-order valence-corrected chi connectivity index (χ1v) is 11.0. The van der Waals surface area contributed by atoms with Crippen LogP contribution in [0, 0.1) is 0 Å². The van der Waals surface area contributed by atoms with E-state index in [4.69, 9.17) is 17.3 Å². The Bertz CT molecular complexity index is 920. The molecule has 3 N–H and O–H groups in total. The Morgan fingerprint density at radius 2 is 2.20 bits per heavy atom. The van der Waals surface area contributed by atoms with Crippen molar-refractivity contribution in [1.82, 2.24) is 4.98 Å². The van der Waals surface area contributed by atoms with Gasteiger partial charge in [0.05, 0.1) is 20.4 Å². The summed E-state index contributed by atoms with van der Waals surface area (Å²) in [5.74, 6) is 0.321. The third-order valence-corrected chi connectivity index (χ3v) is 7.79. The smallest absolute Gasteiger partial charge is 0.131 e. The summed E-state index contributed by atoms with van der Waals surface area (Å²) in [5.41, 5.74) is 9.58. The summed E-state index contributed by atoms with van der Waals surface area (Å²) in [6, 6.07) is 4.18. The van der Waals surface area contributed by atoms with Gasteiger partial charge in [-0.2, -0.15) is 11.3 Å². The van der Waals surface area contributed by atoms with Gasteiger partial charge in [0.25, 0.3) is 0 Å². The molecule has 3 heterocycles. The maximum absolute atomic E-state index is 6.37. The largest absolute Gasteiger partial charge is 0.380 e. The Balaban J connectivity index is 1.73. The van der Waals surface area contributed by atoms with E-state index in [9.17, 15) is 0 Å². The first-order chi connectivity index (χ1) is 12.1. The number of fused-ring (bicyclic) bond motifs is 1. The van der Waals surface area contributed by atoms with Gasteiger partial charge in [0, 0.05) is 29.4 Å². The first-order valence-electron chi connectivity index (χ1n) is 8.07. The fraction of sp³-hybridized carbons (Fsp3) is 0.278. The van der Waals surface area contributed by atoms with Crippen LogP contribution in [0.15, 0.2) is 39.5 Å². The van der Waals surface area contributed by atoms with Crippen molar-refractivity contribution < 1.29 is 0 Å². The van der Waals surface area contributed by atoms with Crippen molar-refractivity contribution in [3.05, 3.63) is 55.1 Å². The van der Waals surface area contributed by atoms with Gasteiger partial charge in [-0.05, 0) is 51.2 Å². The molecule has 1 aliphatic carbocycles. The molecule has 0 amide bonds. The highest BCUT2D eigenvalue weighted by molar-refractivity contribution is 9.10. The summed E-state index contributed by atoms with van der Waals surface area (Å²) < 4.78 is 2.16. The van der Waals surface area contributed by atoms with E-state index in [-0.39, 0.29) is 6.04 Å². The van der Waals surface area contributed by atoms with Crippen molar-refractivity contribution >= 4 is 66.1 Å². The van der Waals surface area contributed by atoms with Gasteiger partial charge < -0.3 is 11.1 Å². The molecule has 0 saturated heterocycles. The lowest BCUT2D eigenvalue weighted by molar-refractivity contribution is 0.527. The monoisotopic (exact) mass is 453 g/mol. The SMILES string of the molecule is N[C@H]1CC=CC[C@@H]1c1sc2c(NCc3ccsc3)cc(Cl)nc2c1Br. The molecule has 3 aromatic heterocycles.